The first-order valence-corrected chi connectivity index (χ1v) is 7.33. The third-order valence-corrected chi connectivity index (χ3v) is 3.88. The Balaban J connectivity index is 2.21. The molecule has 0 heterocycles. The maximum atomic E-state index is 12.8. The topological polar surface area (TPSA) is 12.0 Å². The molecule has 2 aromatic rings. The fourth-order valence-corrected chi connectivity index (χ4v) is 2.41. The summed E-state index contributed by atoms with van der Waals surface area (Å²) in [6.45, 7) is 1.88. The standard InChI is InChI=1S/C15H12BrClF3N/c1-9(10-2-4-11(16)5-3-10)21-12-6-7-14(17)13(8-12)15(18,19)20/h2-9,21H,1H3. The Kier molecular flexibility index (Phi) is 4.84. The number of nitrogens with one attached hydrogen (secondary N) is 1. The van der Waals surface area contributed by atoms with Crippen LogP contribution in [0.25, 0.3) is 0 Å². The van der Waals surface area contributed by atoms with Crippen LogP contribution < -0.4 is 5.32 Å². The molecule has 0 fully saturated rings. The summed E-state index contributed by atoms with van der Waals surface area (Å²) < 4.78 is 39.4. The van der Waals surface area contributed by atoms with Crippen molar-refractivity contribution in [2.75, 3.05) is 5.32 Å². The molecule has 0 aliphatic rings. The Bertz CT molecular complexity index is 626. The predicted molar refractivity (Wildman–Crippen MR) is 82.6 cm³/mol. The Morgan fingerprint density at radius 2 is 1.71 bits per heavy atom. The summed E-state index contributed by atoms with van der Waals surface area (Å²) in [5.41, 5.74) is 0.515. The molecule has 112 valence electrons. The summed E-state index contributed by atoms with van der Waals surface area (Å²) >= 11 is 8.94. The molecular weight excluding hydrogens is 367 g/mol. The summed E-state index contributed by atoms with van der Waals surface area (Å²) in [7, 11) is 0. The molecule has 2 aromatic carbocycles. The second kappa shape index (κ2) is 6.28. The zero-order valence-electron chi connectivity index (χ0n) is 11.0. The van der Waals surface area contributed by atoms with Crippen LogP contribution in [0.4, 0.5) is 18.9 Å². The number of benzene rings is 2. The summed E-state index contributed by atoms with van der Waals surface area (Å²) in [6.07, 6.45) is -4.46. The average molecular weight is 379 g/mol. The monoisotopic (exact) mass is 377 g/mol. The molecule has 0 radical (unpaired) electrons. The van der Waals surface area contributed by atoms with Gasteiger partial charge in [0.25, 0.3) is 0 Å². The molecule has 0 saturated carbocycles. The van der Waals surface area contributed by atoms with E-state index in [4.69, 9.17) is 11.6 Å². The minimum Gasteiger partial charge on any atom is -0.379 e. The molecule has 0 amide bonds. The van der Waals surface area contributed by atoms with Crippen LogP contribution in [-0.2, 0) is 6.18 Å². The first kappa shape index (κ1) is 16.2. The van der Waals surface area contributed by atoms with Crippen molar-refractivity contribution < 1.29 is 13.2 Å². The van der Waals surface area contributed by atoms with Crippen molar-refractivity contribution in [3.8, 4) is 0 Å². The zero-order chi connectivity index (χ0) is 15.6. The van der Waals surface area contributed by atoms with E-state index in [-0.39, 0.29) is 11.1 Å². The van der Waals surface area contributed by atoms with E-state index in [0.29, 0.717) is 5.69 Å². The van der Waals surface area contributed by atoms with Crippen molar-refractivity contribution in [3.63, 3.8) is 0 Å². The number of halogens is 5. The van der Waals surface area contributed by atoms with Crippen LogP contribution in [0.15, 0.2) is 46.9 Å². The Morgan fingerprint density at radius 1 is 1.10 bits per heavy atom. The van der Waals surface area contributed by atoms with Crippen LogP contribution in [0.5, 0.6) is 0 Å². The van der Waals surface area contributed by atoms with E-state index in [1.807, 2.05) is 31.2 Å². The lowest BCUT2D eigenvalue weighted by Crippen LogP contribution is -2.10. The van der Waals surface area contributed by atoms with Gasteiger partial charge in [-0.15, -0.1) is 0 Å². The highest BCUT2D eigenvalue weighted by molar-refractivity contribution is 9.10. The summed E-state index contributed by atoms with van der Waals surface area (Å²) in [6, 6.07) is 11.3. The summed E-state index contributed by atoms with van der Waals surface area (Å²) in [5, 5.41) is 2.74. The molecular formula is C15H12BrClF3N. The largest absolute Gasteiger partial charge is 0.417 e. The fraction of sp³-hybridized carbons (Fsp3) is 0.200. The van der Waals surface area contributed by atoms with Gasteiger partial charge in [-0.25, -0.2) is 0 Å². The summed E-state index contributed by atoms with van der Waals surface area (Å²) in [5.74, 6) is 0. The van der Waals surface area contributed by atoms with Gasteiger partial charge in [-0.3, -0.25) is 0 Å². The second-order valence-electron chi connectivity index (χ2n) is 4.61. The van der Waals surface area contributed by atoms with Gasteiger partial charge in [-0.05, 0) is 42.8 Å². The lowest BCUT2D eigenvalue weighted by molar-refractivity contribution is -0.137. The minimum absolute atomic E-state index is 0.125. The van der Waals surface area contributed by atoms with Gasteiger partial charge >= 0.3 is 6.18 Å². The van der Waals surface area contributed by atoms with Crippen molar-refractivity contribution in [2.24, 2.45) is 0 Å². The van der Waals surface area contributed by atoms with Crippen molar-refractivity contribution in [2.45, 2.75) is 19.1 Å². The molecule has 0 spiro atoms. The smallest absolute Gasteiger partial charge is 0.379 e. The van der Waals surface area contributed by atoms with Gasteiger partial charge in [-0.1, -0.05) is 39.7 Å². The minimum atomic E-state index is -4.46. The first-order valence-electron chi connectivity index (χ1n) is 6.16. The normalized spacial score (nSPS) is 13.0. The van der Waals surface area contributed by atoms with Crippen LogP contribution in [0.2, 0.25) is 5.02 Å². The molecule has 0 bridgehead atoms. The Hall–Kier alpha value is -1.20. The van der Waals surface area contributed by atoms with Gasteiger partial charge in [0.2, 0.25) is 0 Å². The van der Waals surface area contributed by atoms with Crippen LogP contribution >= 0.6 is 27.5 Å². The number of alkyl halides is 3. The van der Waals surface area contributed by atoms with E-state index in [1.165, 1.54) is 12.1 Å². The quantitative estimate of drug-likeness (QED) is 0.661. The van der Waals surface area contributed by atoms with Crippen molar-refractivity contribution in [1.29, 1.82) is 0 Å². The number of hydrogen-bond acceptors (Lipinski definition) is 1. The van der Waals surface area contributed by atoms with Gasteiger partial charge in [0, 0.05) is 16.2 Å². The van der Waals surface area contributed by atoms with E-state index >= 15 is 0 Å². The second-order valence-corrected chi connectivity index (χ2v) is 5.93. The van der Waals surface area contributed by atoms with Crippen LogP contribution in [-0.4, -0.2) is 0 Å². The van der Waals surface area contributed by atoms with Crippen LogP contribution in [0, 0.1) is 0 Å². The highest BCUT2D eigenvalue weighted by Gasteiger charge is 2.33. The fourth-order valence-electron chi connectivity index (χ4n) is 1.92. The third-order valence-electron chi connectivity index (χ3n) is 3.02. The summed E-state index contributed by atoms with van der Waals surface area (Å²) in [4.78, 5) is 0. The number of rotatable bonds is 3. The molecule has 1 nitrogen and oxygen atoms in total. The number of hydrogen-bond donors (Lipinski definition) is 1. The lowest BCUT2D eigenvalue weighted by atomic mass is 10.1. The van der Waals surface area contributed by atoms with Gasteiger partial charge in [0.05, 0.1) is 10.6 Å². The van der Waals surface area contributed by atoms with Crippen molar-refractivity contribution in [3.05, 3.63) is 63.1 Å². The molecule has 2 rings (SSSR count). The number of anilines is 1. The zero-order valence-corrected chi connectivity index (χ0v) is 13.4. The SMILES string of the molecule is CC(Nc1ccc(Cl)c(C(F)(F)F)c1)c1ccc(Br)cc1. The molecule has 0 aliphatic heterocycles. The molecule has 0 aliphatic carbocycles. The highest BCUT2D eigenvalue weighted by atomic mass is 79.9. The van der Waals surface area contributed by atoms with E-state index in [9.17, 15) is 13.2 Å². The molecule has 1 atom stereocenters. The van der Waals surface area contributed by atoms with Crippen molar-refractivity contribution in [1.82, 2.24) is 0 Å². The maximum absolute atomic E-state index is 12.8. The highest BCUT2D eigenvalue weighted by Crippen LogP contribution is 2.36. The molecule has 1 unspecified atom stereocenters. The molecule has 21 heavy (non-hydrogen) atoms. The van der Waals surface area contributed by atoms with Crippen LogP contribution in [0.1, 0.15) is 24.1 Å². The van der Waals surface area contributed by atoms with Gasteiger partial charge in [0.1, 0.15) is 0 Å². The maximum Gasteiger partial charge on any atom is 0.417 e. The molecule has 0 aromatic heterocycles. The Morgan fingerprint density at radius 3 is 2.29 bits per heavy atom. The lowest BCUT2D eigenvalue weighted by Gasteiger charge is -2.18. The average Bonchev–Trinajstić information content (AvgIpc) is 2.40. The van der Waals surface area contributed by atoms with Crippen LogP contribution in [0.3, 0.4) is 0 Å². The van der Waals surface area contributed by atoms with Gasteiger partial charge in [-0.2, -0.15) is 13.2 Å². The van der Waals surface area contributed by atoms with Gasteiger partial charge in [0.15, 0.2) is 0 Å². The van der Waals surface area contributed by atoms with Gasteiger partial charge < -0.3 is 5.32 Å². The van der Waals surface area contributed by atoms with E-state index < -0.39 is 11.7 Å². The molecule has 6 heteroatoms. The Labute approximate surface area is 134 Å². The first-order chi connectivity index (χ1) is 9.77. The molecule has 0 saturated heterocycles. The van der Waals surface area contributed by atoms with Crippen molar-refractivity contribution >= 4 is 33.2 Å². The van der Waals surface area contributed by atoms with E-state index in [2.05, 4.69) is 21.2 Å². The third kappa shape index (κ3) is 4.14. The van der Waals surface area contributed by atoms with E-state index in [1.54, 1.807) is 0 Å². The predicted octanol–water partition coefficient (Wildman–Crippen LogP) is 6.29. The molecule has 1 N–H and O–H groups in total. The van der Waals surface area contributed by atoms with E-state index in [0.717, 1.165) is 16.1 Å².